The van der Waals surface area contributed by atoms with Crippen LogP contribution in [0.15, 0.2) is 48.5 Å². The van der Waals surface area contributed by atoms with E-state index in [4.69, 9.17) is 10.5 Å². The van der Waals surface area contributed by atoms with Gasteiger partial charge in [0, 0.05) is 5.69 Å². The second-order valence-electron chi connectivity index (χ2n) is 5.47. The van der Waals surface area contributed by atoms with Gasteiger partial charge in [0.15, 0.2) is 12.4 Å². The number of rotatable bonds is 5. The average molecular weight is 351 g/mol. The van der Waals surface area contributed by atoms with Crippen molar-refractivity contribution in [3.05, 3.63) is 65.5 Å². The second-order valence-corrected chi connectivity index (χ2v) is 5.47. The highest BCUT2D eigenvalue weighted by Gasteiger charge is 2.15. The second kappa shape index (κ2) is 7.47. The first kappa shape index (κ1) is 17.2. The number of benzene rings is 2. The molecule has 0 atom stereocenters. The summed E-state index contributed by atoms with van der Waals surface area (Å²) < 4.78 is 5.18. The molecule has 0 saturated heterocycles. The molecule has 1 heterocycles. The number of ether oxygens (including phenoxy) is 1. The van der Waals surface area contributed by atoms with Gasteiger partial charge in [-0.15, -0.1) is 0 Å². The van der Waals surface area contributed by atoms with Crippen molar-refractivity contribution in [2.45, 2.75) is 13.5 Å². The van der Waals surface area contributed by atoms with E-state index in [2.05, 4.69) is 20.3 Å². The number of aromatic nitrogens is 3. The topological polar surface area (TPSA) is 123 Å². The van der Waals surface area contributed by atoms with Crippen molar-refractivity contribution in [1.29, 1.82) is 0 Å². The Morgan fingerprint density at radius 3 is 2.65 bits per heavy atom. The van der Waals surface area contributed by atoms with Crippen LogP contribution in [0.3, 0.4) is 0 Å². The highest BCUT2D eigenvalue weighted by atomic mass is 16.5. The van der Waals surface area contributed by atoms with Gasteiger partial charge in [-0.1, -0.05) is 30.3 Å². The van der Waals surface area contributed by atoms with Gasteiger partial charge in [-0.05, 0) is 30.7 Å². The molecule has 8 heteroatoms. The fraction of sp³-hybridized carbons (Fsp3) is 0.111. The fourth-order valence-electron chi connectivity index (χ4n) is 2.24. The van der Waals surface area contributed by atoms with E-state index in [1.54, 1.807) is 19.1 Å². The van der Waals surface area contributed by atoms with Crippen molar-refractivity contribution in [3.63, 3.8) is 0 Å². The number of phenolic OH excluding ortho intramolecular Hbond substituents is 1. The van der Waals surface area contributed by atoms with Crippen molar-refractivity contribution in [3.8, 4) is 5.75 Å². The summed E-state index contributed by atoms with van der Waals surface area (Å²) in [7, 11) is 0. The molecular formula is C18H17N5O3. The number of anilines is 3. The molecule has 1 aromatic heterocycles. The molecule has 3 rings (SSSR count). The third-order valence-electron chi connectivity index (χ3n) is 3.52. The SMILES string of the molecule is Cc1cccc(C(=O)OCc2nc(N)nc(Nc3ccccc3)n2)c1O. The molecule has 2 aromatic carbocycles. The Kier molecular flexibility index (Phi) is 4.93. The molecule has 0 aliphatic rings. The molecule has 3 aromatic rings. The number of nitrogens with two attached hydrogens (primary N) is 1. The van der Waals surface area contributed by atoms with Crippen LogP contribution < -0.4 is 11.1 Å². The van der Waals surface area contributed by atoms with Gasteiger partial charge < -0.3 is 20.9 Å². The van der Waals surface area contributed by atoms with Crippen molar-refractivity contribution in [1.82, 2.24) is 15.0 Å². The van der Waals surface area contributed by atoms with Crippen molar-refractivity contribution >= 4 is 23.6 Å². The van der Waals surface area contributed by atoms with E-state index in [0.717, 1.165) is 5.69 Å². The first-order valence-corrected chi connectivity index (χ1v) is 7.81. The van der Waals surface area contributed by atoms with Crippen molar-refractivity contribution < 1.29 is 14.6 Å². The molecule has 4 N–H and O–H groups in total. The highest BCUT2D eigenvalue weighted by Crippen LogP contribution is 2.22. The van der Waals surface area contributed by atoms with Gasteiger partial charge in [-0.25, -0.2) is 4.79 Å². The van der Waals surface area contributed by atoms with E-state index in [-0.39, 0.29) is 35.6 Å². The number of phenols is 1. The van der Waals surface area contributed by atoms with Crippen LogP contribution in [0, 0.1) is 6.92 Å². The van der Waals surface area contributed by atoms with Crippen LogP contribution in [0.2, 0.25) is 0 Å². The lowest BCUT2D eigenvalue weighted by Crippen LogP contribution is -2.11. The zero-order valence-corrected chi connectivity index (χ0v) is 14.0. The van der Waals surface area contributed by atoms with Gasteiger partial charge in [0.1, 0.15) is 11.3 Å². The number of esters is 1. The maximum Gasteiger partial charge on any atom is 0.342 e. The van der Waals surface area contributed by atoms with Gasteiger partial charge in [0.05, 0.1) is 0 Å². The number of nitrogens with one attached hydrogen (secondary N) is 1. The smallest absolute Gasteiger partial charge is 0.342 e. The van der Waals surface area contributed by atoms with Crippen LogP contribution in [0.5, 0.6) is 5.75 Å². The molecule has 0 fully saturated rings. The molecule has 0 aliphatic carbocycles. The minimum Gasteiger partial charge on any atom is -0.507 e. The number of hydrogen-bond donors (Lipinski definition) is 3. The van der Waals surface area contributed by atoms with Gasteiger partial charge in [-0.3, -0.25) is 0 Å². The summed E-state index contributed by atoms with van der Waals surface area (Å²) in [5.41, 5.74) is 7.13. The maximum atomic E-state index is 12.2. The fourth-order valence-corrected chi connectivity index (χ4v) is 2.24. The van der Waals surface area contributed by atoms with Crippen molar-refractivity contribution in [2.24, 2.45) is 0 Å². The van der Waals surface area contributed by atoms with Crippen LogP contribution in [0.1, 0.15) is 21.7 Å². The van der Waals surface area contributed by atoms with E-state index < -0.39 is 5.97 Å². The van der Waals surface area contributed by atoms with Crippen LogP contribution in [-0.4, -0.2) is 26.0 Å². The first-order chi connectivity index (χ1) is 12.5. The summed E-state index contributed by atoms with van der Waals surface area (Å²) in [5, 5.41) is 12.9. The molecule has 132 valence electrons. The number of nitrogens with zero attached hydrogens (tertiary/aromatic N) is 3. The Bertz CT molecular complexity index is 931. The summed E-state index contributed by atoms with van der Waals surface area (Å²) in [6.45, 7) is 1.49. The molecule has 0 aliphatic heterocycles. The largest absolute Gasteiger partial charge is 0.507 e. The predicted octanol–water partition coefficient (Wildman–Crippen LogP) is 2.57. The molecule has 8 nitrogen and oxygen atoms in total. The molecule has 0 saturated carbocycles. The molecule has 0 radical (unpaired) electrons. The first-order valence-electron chi connectivity index (χ1n) is 7.81. The Balaban J connectivity index is 1.72. The summed E-state index contributed by atoms with van der Waals surface area (Å²) in [4.78, 5) is 24.3. The molecule has 26 heavy (non-hydrogen) atoms. The number of aromatic hydroxyl groups is 1. The van der Waals surface area contributed by atoms with E-state index in [1.807, 2.05) is 30.3 Å². The number of aryl methyl sites for hydroxylation is 1. The highest BCUT2D eigenvalue weighted by molar-refractivity contribution is 5.92. The van der Waals surface area contributed by atoms with Crippen LogP contribution in [0.25, 0.3) is 0 Å². The minimum atomic E-state index is -0.678. The molecular weight excluding hydrogens is 334 g/mol. The number of para-hydroxylation sites is 2. The zero-order valence-electron chi connectivity index (χ0n) is 14.0. The molecule has 0 spiro atoms. The number of carbonyl (C=O) groups excluding carboxylic acids is 1. The standard InChI is InChI=1S/C18H17N5O3/c1-11-6-5-9-13(15(11)24)16(25)26-10-14-21-17(19)23-18(22-14)20-12-7-3-2-4-8-12/h2-9,24H,10H2,1H3,(H3,19,20,21,22,23). The quantitative estimate of drug-likeness (QED) is 0.599. The molecule has 0 bridgehead atoms. The summed E-state index contributed by atoms with van der Waals surface area (Å²) >= 11 is 0. The van der Waals surface area contributed by atoms with E-state index >= 15 is 0 Å². The number of carbonyl (C=O) groups is 1. The maximum absolute atomic E-state index is 12.2. The van der Waals surface area contributed by atoms with E-state index in [9.17, 15) is 9.90 Å². The summed E-state index contributed by atoms with van der Waals surface area (Å²) in [6.07, 6.45) is 0. The van der Waals surface area contributed by atoms with Gasteiger partial charge in [-0.2, -0.15) is 15.0 Å². The van der Waals surface area contributed by atoms with E-state index in [1.165, 1.54) is 6.07 Å². The lowest BCUT2D eigenvalue weighted by molar-refractivity contribution is 0.0458. The third-order valence-corrected chi connectivity index (χ3v) is 3.52. The summed E-state index contributed by atoms with van der Waals surface area (Å²) in [6, 6.07) is 14.1. The van der Waals surface area contributed by atoms with Gasteiger partial charge in [0.25, 0.3) is 0 Å². The normalized spacial score (nSPS) is 10.3. The van der Waals surface area contributed by atoms with Crippen LogP contribution in [-0.2, 0) is 11.3 Å². The Hall–Kier alpha value is -3.68. The van der Waals surface area contributed by atoms with Gasteiger partial charge >= 0.3 is 5.97 Å². The van der Waals surface area contributed by atoms with Crippen molar-refractivity contribution in [2.75, 3.05) is 11.1 Å². The lowest BCUT2D eigenvalue weighted by atomic mass is 10.1. The Morgan fingerprint density at radius 2 is 1.88 bits per heavy atom. The lowest BCUT2D eigenvalue weighted by Gasteiger charge is -2.09. The summed E-state index contributed by atoms with van der Waals surface area (Å²) in [5.74, 6) is -0.352. The third kappa shape index (κ3) is 4.04. The Morgan fingerprint density at radius 1 is 1.12 bits per heavy atom. The number of nitrogen functional groups attached to an aromatic ring is 1. The van der Waals surface area contributed by atoms with E-state index in [0.29, 0.717) is 5.56 Å². The Labute approximate surface area is 149 Å². The predicted molar refractivity (Wildman–Crippen MR) is 95.9 cm³/mol. The van der Waals surface area contributed by atoms with Crippen LogP contribution >= 0.6 is 0 Å². The number of hydrogen-bond acceptors (Lipinski definition) is 8. The average Bonchev–Trinajstić information content (AvgIpc) is 2.62. The van der Waals surface area contributed by atoms with Gasteiger partial charge in [0.2, 0.25) is 11.9 Å². The zero-order chi connectivity index (χ0) is 18.5. The minimum absolute atomic E-state index is 0.00267. The van der Waals surface area contributed by atoms with Crippen LogP contribution in [0.4, 0.5) is 17.6 Å². The molecule has 0 amide bonds. The molecule has 0 unspecified atom stereocenters. The monoisotopic (exact) mass is 351 g/mol.